The first-order valence-electron chi connectivity index (χ1n) is 8.18. The lowest BCUT2D eigenvalue weighted by atomic mass is 10.0. The molecule has 2 rings (SSSR count). The van der Waals surface area contributed by atoms with Gasteiger partial charge in [0, 0.05) is 13.1 Å². The number of nitrogens with zero attached hydrogens (tertiary/aromatic N) is 1. The summed E-state index contributed by atoms with van der Waals surface area (Å²) in [4.78, 5) is 26.4. The molecule has 1 fully saturated rings. The second-order valence-corrected chi connectivity index (χ2v) is 6.89. The maximum absolute atomic E-state index is 12.5. The minimum Gasteiger partial charge on any atom is -0.444 e. The highest BCUT2D eigenvalue weighted by Crippen LogP contribution is 2.20. The van der Waals surface area contributed by atoms with Crippen LogP contribution in [-0.2, 0) is 16.1 Å². The Balaban J connectivity index is 1.97. The molecule has 23 heavy (non-hydrogen) atoms. The maximum Gasteiger partial charge on any atom is 0.410 e. The van der Waals surface area contributed by atoms with Gasteiger partial charge in [-0.1, -0.05) is 30.3 Å². The number of amides is 2. The van der Waals surface area contributed by atoms with Crippen molar-refractivity contribution in [1.29, 1.82) is 0 Å². The normalized spacial score (nSPS) is 18.4. The molecule has 0 saturated carbocycles. The summed E-state index contributed by atoms with van der Waals surface area (Å²) < 4.78 is 5.43. The molecule has 1 aliphatic rings. The Bertz CT molecular complexity index is 537. The molecular formula is C18H26N2O3. The maximum atomic E-state index is 12.5. The minimum absolute atomic E-state index is 0.112. The highest BCUT2D eigenvalue weighted by Gasteiger charge is 2.34. The van der Waals surface area contributed by atoms with E-state index in [4.69, 9.17) is 4.74 Å². The van der Waals surface area contributed by atoms with Gasteiger partial charge in [-0.3, -0.25) is 9.69 Å². The molecule has 0 aliphatic carbocycles. The number of ether oxygens (including phenoxy) is 1. The van der Waals surface area contributed by atoms with E-state index in [9.17, 15) is 9.59 Å². The SMILES string of the molecule is CC(C)(C)OC(=O)N1CCCC[C@H]1C(=O)NCc1ccccc1. The predicted octanol–water partition coefficient (Wildman–Crippen LogP) is 3.09. The number of nitrogens with one attached hydrogen (secondary N) is 1. The number of carbonyl (C=O) groups is 2. The van der Waals surface area contributed by atoms with E-state index in [0.29, 0.717) is 19.5 Å². The van der Waals surface area contributed by atoms with Crippen molar-refractivity contribution in [3.8, 4) is 0 Å². The van der Waals surface area contributed by atoms with Crippen molar-refractivity contribution in [3.05, 3.63) is 35.9 Å². The summed E-state index contributed by atoms with van der Waals surface area (Å²) in [6, 6.07) is 9.31. The largest absolute Gasteiger partial charge is 0.444 e. The van der Waals surface area contributed by atoms with Crippen LogP contribution >= 0.6 is 0 Å². The van der Waals surface area contributed by atoms with E-state index in [0.717, 1.165) is 18.4 Å². The van der Waals surface area contributed by atoms with Gasteiger partial charge in [0.1, 0.15) is 11.6 Å². The molecule has 126 valence electrons. The van der Waals surface area contributed by atoms with E-state index in [1.54, 1.807) is 4.90 Å². The summed E-state index contributed by atoms with van der Waals surface area (Å²) in [5.41, 5.74) is 0.486. The van der Waals surface area contributed by atoms with E-state index in [1.807, 2.05) is 51.1 Å². The third-order valence-electron chi connectivity index (χ3n) is 3.74. The molecule has 5 heteroatoms. The summed E-state index contributed by atoms with van der Waals surface area (Å²) in [5.74, 6) is -0.112. The van der Waals surface area contributed by atoms with Crippen LogP contribution in [0, 0.1) is 0 Å². The fourth-order valence-electron chi connectivity index (χ4n) is 2.65. The molecule has 1 aliphatic heterocycles. The third kappa shape index (κ3) is 5.27. The third-order valence-corrected chi connectivity index (χ3v) is 3.74. The van der Waals surface area contributed by atoms with Crippen LogP contribution in [0.25, 0.3) is 0 Å². The highest BCUT2D eigenvalue weighted by atomic mass is 16.6. The van der Waals surface area contributed by atoms with Gasteiger partial charge in [0.15, 0.2) is 0 Å². The van der Waals surface area contributed by atoms with Gasteiger partial charge in [-0.15, -0.1) is 0 Å². The van der Waals surface area contributed by atoms with Crippen LogP contribution in [0.15, 0.2) is 30.3 Å². The van der Waals surface area contributed by atoms with Crippen LogP contribution in [0.1, 0.15) is 45.6 Å². The number of carbonyl (C=O) groups excluding carboxylic acids is 2. The Morgan fingerprint density at radius 3 is 2.57 bits per heavy atom. The number of benzene rings is 1. The van der Waals surface area contributed by atoms with Crippen LogP contribution in [0.5, 0.6) is 0 Å². The quantitative estimate of drug-likeness (QED) is 0.931. The second-order valence-electron chi connectivity index (χ2n) is 6.89. The van der Waals surface area contributed by atoms with Gasteiger partial charge in [-0.05, 0) is 45.6 Å². The predicted molar refractivity (Wildman–Crippen MR) is 88.9 cm³/mol. The zero-order valence-electron chi connectivity index (χ0n) is 14.2. The molecule has 5 nitrogen and oxygen atoms in total. The molecule has 2 amide bonds. The van der Waals surface area contributed by atoms with Crippen LogP contribution < -0.4 is 5.32 Å². The van der Waals surface area contributed by atoms with E-state index in [-0.39, 0.29) is 5.91 Å². The number of hydrogen-bond donors (Lipinski definition) is 1. The summed E-state index contributed by atoms with van der Waals surface area (Å²) >= 11 is 0. The number of piperidine rings is 1. The summed E-state index contributed by atoms with van der Waals surface area (Å²) in [6.07, 6.45) is 2.13. The van der Waals surface area contributed by atoms with Crippen molar-refractivity contribution in [2.45, 2.75) is 58.2 Å². The van der Waals surface area contributed by atoms with Crippen LogP contribution in [0.3, 0.4) is 0 Å². The highest BCUT2D eigenvalue weighted by molar-refractivity contribution is 5.85. The molecule has 0 spiro atoms. The molecule has 0 bridgehead atoms. The lowest BCUT2D eigenvalue weighted by Crippen LogP contribution is -2.52. The van der Waals surface area contributed by atoms with Crippen molar-refractivity contribution in [2.75, 3.05) is 6.54 Å². The molecule has 0 radical (unpaired) electrons. The Morgan fingerprint density at radius 2 is 1.91 bits per heavy atom. The van der Waals surface area contributed by atoms with Gasteiger partial charge >= 0.3 is 6.09 Å². The van der Waals surface area contributed by atoms with Crippen molar-refractivity contribution in [2.24, 2.45) is 0 Å². The van der Waals surface area contributed by atoms with Gasteiger partial charge in [0.2, 0.25) is 5.91 Å². The average Bonchev–Trinajstić information content (AvgIpc) is 2.52. The molecular weight excluding hydrogens is 292 g/mol. The first kappa shape index (κ1) is 17.3. The van der Waals surface area contributed by atoms with Gasteiger partial charge in [0.05, 0.1) is 0 Å². The molecule has 1 aromatic rings. The fraction of sp³-hybridized carbons (Fsp3) is 0.556. The Morgan fingerprint density at radius 1 is 1.22 bits per heavy atom. The monoisotopic (exact) mass is 318 g/mol. The molecule has 1 aromatic carbocycles. The molecule has 1 saturated heterocycles. The number of likely N-dealkylation sites (tertiary alicyclic amines) is 1. The van der Waals surface area contributed by atoms with E-state index in [1.165, 1.54) is 0 Å². The summed E-state index contributed by atoms with van der Waals surface area (Å²) in [6.45, 7) is 6.54. The lowest BCUT2D eigenvalue weighted by Gasteiger charge is -2.35. The minimum atomic E-state index is -0.556. The van der Waals surface area contributed by atoms with Crippen molar-refractivity contribution in [1.82, 2.24) is 10.2 Å². The summed E-state index contributed by atoms with van der Waals surface area (Å²) in [5, 5.41) is 2.93. The van der Waals surface area contributed by atoms with Crippen molar-refractivity contribution < 1.29 is 14.3 Å². The molecule has 1 N–H and O–H groups in total. The van der Waals surface area contributed by atoms with Crippen molar-refractivity contribution in [3.63, 3.8) is 0 Å². The average molecular weight is 318 g/mol. The standard InChI is InChI=1S/C18H26N2O3/c1-18(2,3)23-17(22)20-12-8-7-11-15(20)16(21)19-13-14-9-5-4-6-10-14/h4-6,9-10,15H,7-8,11-13H2,1-3H3,(H,19,21)/t15-/m0/s1. The molecule has 0 aromatic heterocycles. The fourth-order valence-corrected chi connectivity index (χ4v) is 2.65. The van der Waals surface area contributed by atoms with E-state index in [2.05, 4.69) is 5.32 Å². The molecule has 0 unspecified atom stereocenters. The molecule has 1 heterocycles. The topological polar surface area (TPSA) is 58.6 Å². The number of rotatable bonds is 3. The van der Waals surface area contributed by atoms with E-state index < -0.39 is 17.7 Å². The zero-order valence-corrected chi connectivity index (χ0v) is 14.2. The Labute approximate surface area is 138 Å². The second kappa shape index (κ2) is 7.49. The number of hydrogen-bond acceptors (Lipinski definition) is 3. The zero-order chi connectivity index (χ0) is 16.9. The smallest absolute Gasteiger partial charge is 0.410 e. The van der Waals surface area contributed by atoms with Crippen LogP contribution in [0.2, 0.25) is 0 Å². The van der Waals surface area contributed by atoms with Gasteiger partial charge in [0.25, 0.3) is 0 Å². The van der Waals surface area contributed by atoms with Crippen molar-refractivity contribution >= 4 is 12.0 Å². The van der Waals surface area contributed by atoms with Crippen LogP contribution in [-0.4, -0.2) is 35.1 Å². The van der Waals surface area contributed by atoms with E-state index >= 15 is 0 Å². The summed E-state index contributed by atoms with van der Waals surface area (Å²) in [7, 11) is 0. The van der Waals surface area contributed by atoms with Gasteiger partial charge < -0.3 is 10.1 Å². The first-order chi connectivity index (χ1) is 10.9. The Kier molecular flexibility index (Phi) is 5.64. The van der Waals surface area contributed by atoms with Gasteiger partial charge in [-0.2, -0.15) is 0 Å². The Hall–Kier alpha value is -2.04. The van der Waals surface area contributed by atoms with Gasteiger partial charge in [-0.25, -0.2) is 4.79 Å². The first-order valence-corrected chi connectivity index (χ1v) is 8.18. The molecule has 1 atom stereocenters. The lowest BCUT2D eigenvalue weighted by molar-refractivity contribution is -0.127. The van der Waals surface area contributed by atoms with Crippen LogP contribution in [0.4, 0.5) is 4.79 Å².